The third kappa shape index (κ3) is 3.33. The zero-order valence-corrected chi connectivity index (χ0v) is 6.39. The molecule has 0 fully saturated rings. The summed E-state index contributed by atoms with van der Waals surface area (Å²) in [6.45, 7) is 3.60. The van der Waals surface area contributed by atoms with Gasteiger partial charge in [-0.05, 0) is 30.5 Å². The monoisotopic (exact) mass is 166 g/mol. The fourth-order valence-corrected chi connectivity index (χ4v) is 0.961. The van der Waals surface area contributed by atoms with Gasteiger partial charge in [0.05, 0.1) is 0 Å². The third-order valence-electron chi connectivity index (χ3n) is 1.53. The van der Waals surface area contributed by atoms with E-state index in [1.54, 1.807) is 12.1 Å². The van der Waals surface area contributed by atoms with Crippen molar-refractivity contribution < 1.29 is 4.39 Å². The third-order valence-corrected chi connectivity index (χ3v) is 1.53. The minimum absolute atomic E-state index is 0. The minimum Gasteiger partial charge on any atom is -0.207 e. The summed E-state index contributed by atoms with van der Waals surface area (Å²) < 4.78 is 12.6. The van der Waals surface area contributed by atoms with Gasteiger partial charge in [0, 0.05) is 0 Å². The zero-order chi connectivity index (χ0) is 8.10. The molecule has 0 bridgehead atoms. The molecule has 1 rings (SSSR count). The molecule has 0 aliphatic carbocycles. The molecule has 12 heavy (non-hydrogen) atoms. The van der Waals surface area contributed by atoms with Crippen molar-refractivity contribution in [3.8, 4) is 0 Å². The van der Waals surface area contributed by atoms with Crippen molar-refractivity contribution >= 4 is 0 Å². The Kier molecular flexibility index (Phi) is 5.02. The van der Waals surface area contributed by atoms with Crippen LogP contribution in [0.4, 0.5) is 4.39 Å². The summed E-state index contributed by atoms with van der Waals surface area (Å²) in [5, 5.41) is 0. The second kappa shape index (κ2) is 5.53. The Morgan fingerprint density at radius 3 is 2.75 bits per heavy atom. The van der Waals surface area contributed by atoms with Gasteiger partial charge in [-0.2, -0.15) is 0 Å². The van der Waals surface area contributed by atoms with Crippen LogP contribution >= 0.6 is 0 Å². The van der Waals surface area contributed by atoms with Crippen LogP contribution in [0.5, 0.6) is 0 Å². The largest absolute Gasteiger partial charge is 0.207 e. The predicted molar refractivity (Wildman–Crippen MR) is 51.6 cm³/mol. The fourth-order valence-electron chi connectivity index (χ4n) is 0.961. The van der Waals surface area contributed by atoms with Gasteiger partial charge in [-0.25, -0.2) is 4.39 Å². The Morgan fingerprint density at radius 2 is 2.17 bits per heavy atom. The molecule has 66 valence electrons. The molecule has 0 atom stereocenters. The summed E-state index contributed by atoms with van der Waals surface area (Å²) in [5.41, 5.74) is 1.03. The summed E-state index contributed by atoms with van der Waals surface area (Å²) in [6.07, 6.45) is 3.62. The van der Waals surface area contributed by atoms with Crippen LogP contribution in [0.15, 0.2) is 36.9 Å². The van der Waals surface area contributed by atoms with Gasteiger partial charge < -0.3 is 0 Å². The van der Waals surface area contributed by atoms with E-state index in [4.69, 9.17) is 0 Å². The first kappa shape index (κ1) is 10.9. The minimum atomic E-state index is -0.161. The van der Waals surface area contributed by atoms with Crippen molar-refractivity contribution in [3.05, 3.63) is 48.3 Å². The highest BCUT2D eigenvalue weighted by Crippen LogP contribution is 2.05. The molecular weight excluding hydrogens is 151 g/mol. The van der Waals surface area contributed by atoms with Crippen LogP contribution in [0.1, 0.15) is 19.4 Å². The van der Waals surface area contributed by atoms with E-state index in [9.17, 15) is 4.39 Å². The molecule has 0 unspecified atom stereocenters. The molecule has 0 heterocycles. The number of benzene rings is 1. The molecular formula is C11H15F. The van der Waals surface area contributed by atoms with Crippen LogP contribution in [0.3, 0.4) is 0 Å². The maximum Gasteiger partial charge on any atom is 0.123 e. The van der Waals surface area contributed by atoms with E-state index in [2.05, 4.69) is 6.58 Å². The predicted octanol–water partition coefficient (Wildman–Crippen LogP) is 3.58. The molecule has 0 N–H and O–H groups in total. The average molecular weight is 166 g/mol. The second-order valence-corrected chi connectivity index (χ2v) is 2.46. The fraction of sp³-hybridized carbons (Fsp3) is 0.273. The Hall–Kier alpha value is -1.11. The van der Waals surface area contributed by atoms with E-state index >= 15 is 0 Å². The molecule has 0 amide bonds. The first-order valence-corrected chi connectivity index (χ1v) is 3.68. The number of halogens is 1. The van der Waals surface area contributed by atoms with Crippen molar-refractivity contribution in [1.29, 1.82) is 0 Å². The summed E-state index contributed by atoms with van der Waals surface area (Å²) in [5.74, 6) is -0.161. The Bertz CT molecular complexity index is 241. The van der Waals surface area contributed by atoms with Gasteiger partial charge in [-0.15, -0.1) is 6.58 Å². The number of hydrogen-bond acceptors (Lipinski definition) is 0. The van der Waals surface area contributed by atoms with Crippen LogP contribution in [0.2, 0.25) is 0 Å². The summed E-state index contributed by atoms with van der Waals surface area (Å²) in [7, 11) is 0. The second-order valence-electron chi connectivity index (χ2n) is 2.46. The molecule has 0 radical (unpaired) electrons. The van der Waals surface area contributed by atoms with E-state index < -0.39 is 0 Å². The first-order valence-electron chi connectivity index (χ1n) is 3.68. The topological polar surface area (TPSA) is 0 Å². The van der Waals surface area contributed by atoms with Gasteiger partial charge in [0.2, 0.25) is 0 Å². The summed E-state index contributed by atoms with van der Waals surface area (Å²) in [4.78, 5) is 0. The maximum atomic E-state index is 12.6. The van der Waals surface area contributed by atoms with Crippen molar-refractivity contribution in [2.24, 2.45) is 0 Å². The molecule has 1 aromatic carbocycles. The lowest BCUT2D eigenvalue weighted by atomic mass is 10.1. The Balaban J connectivity index is 0.00000121. The molecule has 0 saturated heterocycles. The lowest BCUT2D eigenvalue weighted by Gasteiger charge is -1.96. The van der Waals surface area contributed by atoms with Gasteiger partial charge >= 0.3 is 0 Å². The average Bonchev–Trinajstić information content (AvgIpc) is 2.01. The zero-order valence-electron chi connectivity index (χ0n) is 6.39. The van der Waals surface area contributed by atoms with Crippen LogP contribution in [-0.2, 0) is 6.42 Å². The highest BCUT2D eigenvalue weighted by atomic mass is 19.1. The van der Waals surface area contributed by atoms with Crippen molar-refractivity contribution in [1.82, 2.24) is 0 Å². The number of aryl methyl sites for hydroxylation is 1. The highest BCUT2D eigenvalue weighted by molar-refractivity contribution is 5.16. The number of hydrogen-bond donors (Lipinski definition) is 0. The van der Waals surface area contributed by atoms with Gasteiger partial charge in [0.25, 0.3) is 0 Å². The van der Waals surface area contributed by atoms with E-state index in [-0.39, 0.29) is 13.2 Å². The molecule has 0 spiro atoms. The number of rotatable bonds is 3. The van der Waals surface area contributed by atoms with Crippen molar-refractivity contribution in [3.63, 3.8) is 0 Å². The first-order chi connectivity index (χ1) is 5.33. The van der Waals surface area contributed by atoms with E-state index in [0.717, 1.165) is 18.4 Å². The number of allylic oxidation sites excluding steroid dienone is 1. The normalized spacial score (nSPS) is 8.75. The van der Waals surface area contributed by atoms with Gasteiger partial charge in [0.1, 0.15) is 5.82 Å². The lowest BCUT2D eigenvalue weighted by molar-refractivity contribution is 0.625. The molecule has 0 aliphatic rings. The highest BCUT2D eigenvalue weighted by Gasteiger charge is 1.92. The van der Waals surface area contributed by atoms with Crippen LogP contribution in [0, 0.1) is 5.82 Å². The molecule has 0 aromatic heterocycles. The van der Waals surface area contributed by atoms with Crippen molar-refractivity contribution in [2.45, 2.75) is 20.3 Å². The standard InChI is InChI=1S/C10H11F.CH4/c1-2-3-5-9-6-4-7-10(11)8-9;/h2,4,6-8H,1,3,5H2;1H4. The quantitative estimate of drug-likeness (QED) is 0.602. The van der Waals surface area contributed by atoms with Crippen molar-refractivity contribution in [2.75, 3.05) is 0 Å². The molecule has 0 nitrogen and oxygen atoms in total. The molecule has 1 aromatic rings. The Morgan fingerprint density at radius 1 is 1.42 bits per heavy atom. The SMILES string of the molecule is C.C=CCCc1cccc(F)c1. The summed E-state index contributed by atoms with van der Waals surface area (Å²) in [6, 6.07) is 6.67. The summed E-state index contributed by atoms with van der Waals surface area (Å²) >= 11 is 0. The van der Waals surface area contributed by atoms with Gasteiger partial charge in [0.15, 0.2) is 0 Å². The van der Waals surface area contributed by atoms with E-state index in [0.29, 0.717) is 0 Å². The molecule has 1 heteroatoms. The van der Waals surface area contributed by atoms with E-state index in [1.807, 2.05) is 12.1 Å². The smallest absolute Gasteiger partial charge is 0.123 e. The molecule has 0 aliphatic heterocycles. The lowest BCUT2D eigenvalue weighted by Crippen LogP contribution is -1.83. The molecule has 0 saturated carbocycles. The Labute approximate surface area is 73.7 Å². The maximum absolute atomic E-state index is 12.6. The van der Waals surface area contributed by atoms with Gasteiger partial charge in [-0.3, -0.25) is 0 Å². The van der Waals surface area contributed by atoms with Gasteiger partial charge in [-0.1, -0.05) is 25.6 Å². The van der Waals surface area contributed by atoms with E-state index in [1.165, 1.54) is 6.07 Å². The van der Waals surface area contributed by atoms with Crippen LogP contribution in [0.25, 0.3) is 0 Å². The van der Waals surface area contributed by atoms with Crippen LogP contribution < -0.4 is 0 Å². The van der Waals surface area contributed by atoms with Crippen LogP contribution in [-0.4, -0.2) is 0 Å².